The highest BCUT2D eigenvalue weighted by Gasteiger charge is 2.19. The molecule has 0 spiro atoms. The van der Waals surface area contributed by atoms with Crippen LogP contribution in [0.5, 0.6) is 5.75 Å². The number of ether oxygens (including phenoxy) is 1. The molecular formula is C16H27FN2O. The number of benzene rings is 1. The van der Waals surface area contributed by atoms with Crippen molar-refractivity contribution in [2.75, 3.05) is 32.8 Å². The molecule has 0 aromatic heterocycles. The maximum Gasteiger partial charge on any atom is 0.123 e. The van der Waals surface area contributed by atoms with E-state index in [-0.39, 0.29) is 11.2 Å². The molecular weight excluding hydrogens is 255 g/mol. The lowest BCUT2D eigenvalue weighted by Gasteiger charge is -2.31. The summed E-state index contributed by atoms with van der Waals surface area (Å²) in [6.45, 7) is 10.7. The number of hydrogen-bond acceptors (Lipinski definition) is 3. The van der Waals surface area contributed by atoms with Gasteiger partial charge < -0.3 is 10.5 Å². The predicted octanol–water partition coefficient (Wildman–Crippen LogP) is 2.90. The maximum absolute atomic E-state index is 12.8. The Kier molecular flexibility index (Phi) is 6.96. The summed E-state index contributed by atoms with van der Waals surface area (Å²) in [6, 6.07) is 6.14. The average Bonchev–Trinajstić information content (AvgIpc) is 2.41. The third-order valence-corrected chi connectivity index (χ3v) is 3.23. The topological polar surface area (TPSA) is 38.5 Å². The van der Waals surface area contributed by atoms with Gasteiger partial charge in [0.15, 0.2) is 0 Å². The predicted molar refractivity (Wildman–Crippen MR) is 81.5 cm³/mol. The molecule has 4 heteroatoms. The fourth-order valence-electron chi connectivity index (χ4n) is 2.08. The van der Waals surface area contributed by atoms with Gasteiger partial charge in [-0.05, 0) is 49.2 Å². The van der Waals surface area contributed by atoms with Crippen LogP contribution in [0.2, 0.25) is 0 Å². The Hall–Kier alpha value is -1.13. The second-order valence-electron chi connectivity index (χ2n) is 5.95. The Morgan fingerprint density at radius 3 is 2.40 bits per heavy atom. The molecule has 0 unspecified atom stereocenters. The van der Waals surface area contributed by atoms with Crippen molar-refractivity contribution in [2.24, 2.45) is 11.1 Å². The minimum absolute atomic E-state index is 0.116. The molecule has 20 heavy (non-hydrogen) atoms. The molecule has 0 heterocycles. The summed E-state index contributed by atoms with van der Waals surface area (Å²) in [5.41, 5.74) is 5.91. The minimum atomic E-state index is -0.241. The third kappa shape index (κ3) is 6.35. The standard InChI is InChI=1S/C16H27FN2O/c1-4-9-19(13-16(2,3)12-18)10-11-20-15-7-5-14(17)6-8-15/h5-8H,4,9-13,18H2,1-3H3. The molecule has 0 atom stereocenters. The fraction of sp³-hybridized carbons (Fsp3) is 0.625. The highest BCUT2D eigenvalue weighted by molar-refractivity contribution is 5.21. The van der Waals surface area contributed by atoms with Gasteiger partial charge in [-0.25, -0.2) is 4.39 Å². The molecule has 1 rings (SSSR count). The number of rotatable bonds is 9. The Morgan fingerprint density at radius 2 is 1.85 bits per heavy atom. The molecule has 114 valence electrons. The van der Waals surface area contributed by atoms with E-state index in [0.29, 0.717) is 18.9 Å². The van der Waals surface area contributed by atoms with E-state index in [9.17, 15) is 4.39 Å². The van der Waals surface area contributed by atoms with Gasteiger partial charge in [-0.2, -0.15) is 0 Å². The van der Waals surface area contributed by atoms with Crippen LogP contribution in [0.15, 0.2) is 24.3 Å². The molecule has 0 saturated heterocycles. The molecule has 0 aliphatic carbocycles. The molecule has 0 aliphatic rings. The molecule has 0 bridgehead atoms. The largest absolute Gasteiger partial charge is 0.492 e. The van der Waals surface area contributed by atoms with E-state index in [2.05, 4.69) is 25.7 Å². The second kappa shape index (κ2) is 8.22. The summed E-state index contributed by atoms with van der Waals surface area (Å²) in [4.78, 5) is 2.37. The zero-order valence-corrected chi connectivity index (χ0v) is 12.9. The van der Waals surface area contributed by atoms with Crippen molar-refractivity contribution in [3.63, 3.8) is 0 Å². The van der Waals surface area contributed by atoms with E-state index in [1.807, 2.05) is 0 Å². The summed E-state index contributed by atoms with van der Waals surface area (Å²) in [6.07, 6.45) is 1.11. The highest BCUT2D eigenvalue weighted by atomic mass is 19.1. The van der Waals surface area contributed by atoms with Crippen molar-refractivity contribution >= 4 is 0 Å². The van der Waals surface area contributed by atoms with Crippen LogP contribution in [-0.2, 0) is 0 Å². The van der Waals surface area contributed by atoms with Gasteiger partial charge in [0.05, 0.1) is 0 Å². The first kappa shape index (κ1) is 16.9. The summed E-state index contributed by atoms with van der Waals surface area (Å²) in [5.74, 6) is 0.468. The fourth-order valence-corrected chi connectivity index (χ4v) is 2.08. The summed E-state index contributed by atoms with van der Waals surface area (Å²) in [7, 11) is 0. The highest BCUT2D eigenvalue weighted by Crippen LogP contribution is 2.15. The van der Waals surface area contributed by atoms with E-state index in [1.54, 1.807) is 12.1 Å². The lowest BCUT2D eigenvalue weighted by atomic mass is 9.93. The number of nitrogens with two attached hydrogens (primary N) is 1. The van der Waals surface area contributed by atoms with Crippen molar-refractivity contribution in [1.82, 2.24) is 4.90 Å². The van der Waals surface area contributed by atoms with E-state index in [4.69, 9.17) is 10.5 Å². The van der Waals surface area contributed by atoms with Crippen molar-refractivity contribution in [2.45, 2.75) is 27.2 Å². The summed E-state index contributed by atoms with van der Waals surface area (Å²) < 4.78 is 18.4. The minimum Gasteiger partial charge on any atom is -0.492 e. The zero-order valence-electron chi connectivity index (χ0n) is 12.9. The molecule has 0 aliphatic heterocycles. The number of hydrogen-bond donors (Lipinski definition) is 1. The summed E-state index contributed by atoms with van der Waals surface area (Å²) in [5, 5.41) is 0. The smallest absolute Gasteiger partial charge is 0.123 e. The molecule has 1 aromatic rings. The monoisotopic (exact) mass is 282 g/mol. The molecule has 0 saturated carbocycles. The number of halogens is 1. The van der Waals surface area contributed by atoms with E-state index < -0.39 is 0 Å². The summed E-state index contributed by atoms with van der Waals surface area (Å²) >= 11 is 0. The first-order chi connectivity index (χ1) is 9.46. The van der Waals surface area contributed by atoms with Crippen molar-refractivity contribution in [3.05, 3.63) is 30.1 Å². The van der Waals surface area contributed by atoms with Crippen molar-refractivity contribution in [1.29, 1.82) is 0 Å². The van der Waals surface area contributed by atoms with Crippen LogP contribution in [0.3, 0.4) is 0 Å². The Morgan fingerprint density at radius 1 is 1.20 bits per heavy atom. The van der Waals surface area contributed by atoms with Crippen LogP contribution >= 0.6 is 0 Å². The molecule has 0 radical (unpaired) electrons. The molecule has 2 N–H and O–H groups in total. The first-order valence-corrected chi connectivity index (χ1v) is 7.27. The van der Waals surface area contributed by atoms with Crippen LogP contribution in [0.1, 0.15) is 27.2 Å². The first-order valence-electron chi connectivity index (χ1n) is 7.27. The van der Waals surface area contributed by atoms with Crippen LogP contribution in [-0.4, -0.2) is 37.7 Å². The van der Waals surface area contributed by atoms with Gasteiger partial charge in [0, 0.05) is 13.1 Å². The normalized spacial score (nSPS) is 11.9. The lowest BCUT2D eigenvalue weighted by Crippen LogP contribution is -2.40. The Labute approximate surface area is 121 Å². The van der Waals surface area contributed by atoms with Crippen molar-refractivity contribution in [3.8, 4) is 5.75 Å². The van der Waals surface area contributed by atoms with Gasteiger partial charge in [-0.1, -0.05) is 20.8 Å². The van der Waals surface area contributed by atoms with E-state index in [0.717, 1.165) is 26.1 Å². The van der Waals surface area contributed by atoms with Crippen LogP contribution in [0.25, 0.3) is 0 Å². The van der Waals surface area contributed by atoms with E-state index >= 15 is 0 Å². The van der Waals surface area contributed by atoms with Gasteiger partial charge >= 0.3 is 0 Å². The van der Waals surface area contributed by atoms with Gasteiger partial charge in [0.2, 0.25) is 0 Å². The Bertz CT molecular complexity index is 379. The van der Waals surface area contributed by atoms with E-state index in [1.165, 1.54) is 12.1 Å². The second-order valence-corrected chi connectivity index (χ2v) is 5.95. The maximum atomic E-state index is 12.8. The van der Waals surface area contributed by atoms with Crippen molar-refractivity contribution < 1.29 is 9.13 Å². The quantitative estimate of drug-likeness (QED) is 0.757. The molecule has 3 nitrogen and oxygen atoms in total. The average molecular weight is 282 g/mol. The van der Waals surface area contributed by atoms with Gasteiger partial charge in [-0.15, -0.1) is 0 Å². The SMILES string of the molecule is CCCN(CCOc1ccc(F)cc1)CC(C)(C)CN. The van der Waals surface area contributed by atoms with Crippen LogP contribution in [0.4, 0.5) is 4.39 Å². The van der Waals surface area contributed by atoms with Crippen LogP contribution in [0, 0.1) is 11.2 Å². The lowest BCUT2D eigenvalue weighted by molar-refractivity contribution is 0.154. The zero-order chi connectivity index (χ0) is 15.0. The van der Waals surface area contributed by atoms with Crippen LogP contribution < -0.4 is 10.5 Å². The van der Waals surface area contributed by atoms with Gasteiger partial charge in [-0.3, -0.25) is 4.90 Å². The molecule has 0 amide bonds. The molecule has 1 aromatic carbocycles. The Balaban J connectivity index is 2.40. The third-order valence-electron chi connectivity index (χ3n) is 3.23. The molecule has 0 fully saturated rings. The van der Waals surface area contributed by atoms with Gasteiger partial charge in [0.1, 0.15) is 18.2 Å². The van der Waals surface area contributed by atoms with Gasteiger partial charge in [0.25, 0.3) is 0 Å². The number of nitrogens with zero attached hydrogens (tertiary/aromatic N) is 1.